The molecule has 0 aromatic heterocycles. The average molecular weight is 239 g/mol. The second-order valence-corrected chi connectivity index (χ2v) is 3.43. The Morgan fingerprint density at radius 1 is 1.80 bits per heavy atom. The van der Waals surface area contributed by atoms with Crippen LogP contribution in [0.1, 0.15) is 6.92 Å². The second kappa shape index (κ2) is 2.76. The van der Waals surface area contributed by atoms with E-state index in [1.54, 1.807) is 0 Å². The van der Waals surface area contributed by atoms with Gasteiger partial charge in [-0.15, -0.1) is 0 Å². The number of hydrogen-bond donors (Lipinski definition) is 0. The molecule has 0 saturated carbocycles. The molecule has 0 atom stereocenters. The van der Waals surface area contributed by atoms with Gasteiger partial charge in [-0.25, -0.2) is 0 Å². The molecule has 0 heterocycles. The molecule has 0 aliphatic heterocycles. The van der Waals surface area contributed by atoms with Crippen molar-refractivity contribution in [2.75, 3.05) is 13.6 Å². The summed E-state index contributed by atoms with van der Waals surface area (Å²) in [6, 6.07) is 0. The number of hydrogen-bond acceptors (Lipinski definition) is 0. The van der Waals surface area contributed by atoms with E-state index < -0.39 is 0 Å². The molecule has 0 N–H and O–H groups in total. The van der Waals surface area contributed by atoms with Gasteiger partial charge in [0, 0.05) is 0 Å². The molecular weight excluding hydrogens is 231 g/mol. The summed E-state index contributed by atoms with van der Waals surface area (Å²) in [5.41, 5.74) is 0. The Kier molecular flexibility index (Phi) is 3.06. The van der Waals surface area contributed by atoms with Gasteiger partial charge in [-0.05, 0) is 0 Å². The van der Waals surface area contributed by atoms with Gasteiger partial charge in [0.1, 0.15) is 0 Å². The third kappa shape index (κ3) is 4.54. The fraction of sp³-hybridized carbons (Fsp3) is 1.00. The molecule has 0 aliphatic carbocycles. The van der Waals surface area contributed by atoms with Gasteiger partial charge in [-0.3, -0.25) is 0 Å². The van der Waals surface area contributed by atoms with Crippen LogP contribution in [-0.4, -0.2) is 16.5 Å². The molecule has 0 aromatic rings. The Bertz CT molecular complexity index is 42.2. The first-order chi connectivity index (χ1) is 2.27. The molecule has 5 heavy (non-hydrogen) atoms. The molecule has 1 nitrogen and oxygen atoms in total. The van der Waals surface area contributed by atoms with Crippen LogP contribution in [0, 0.1) is 0 Å². The zero-order chi connectivity index (χ0) is 4.28. The van der Waals surface area contributed by atoms with E-state index in [1.165, 1.54) is 27.4 Å². The average Bonchev–Trinajstić information content (AvgIpc) is 1.38. The van der Waals surface area contributed by atoms with Crippen LogP contribution in [0.3, 0.4) is 0 Å². The molecule has 0 saturated heterocycles. The Balaban J connectivity index is 2.85. The molecule has 0 bridgehead atoms. The van der Waals surface area contributed by atoms with Crippen LogP contribution < -0.4 is 0 Å². The van der Waals surface area contributed by atoms with Crippen molar-refractivity contribution in [3.05, 3.63) is 0 Å². The van der Waals surface area contributed by atoms with Crippen molar-refractivity contribution in [3.8, 4) is 0 Å². The Morgan fingerprint density at radius 3 is 2.00 bits per heavy atom. The van der Waals surface area contributed by atoms with Crippen molar-refractivity contribution < 1.29 is 23.8 Å². The molecule has 0 rings (SSSR count). The summed E-state index contributed by atoms with van der Waals surface area (Å²) < 4.78 is 2.24. The van der Waals surface area contributed by atoms with E-state index >= 15 is 0 Å². The van der Waals surface area contributed by atoms with Crippen molar-refractivity contribution >= 4 is 0 Å². The van der Waals surface area contributed by atoms with Crippen LogP contribution in [-0.2, 0) is 20.9 Å². The summed E-state index contributed by atoms with van der Waals surface area (Å²) in [4.78, 5) is 0. The summed E-state index contributed by atoms with van der Waals surface area (Å²) in [7, 11) is 2.10. The van der Waals surface area contributed by atoms with Gasteiger partial charge in [-0.2, -0.15) is 0 Å². The third-order valence-corrected chi connectivity index (χ3v) is 1.47. The van der Waals surface area contributed by atoms with Gasteiger partial charge in [0.2, 0.25) is 0 Å². The second-order valence-electron chi connectivity index (χ2n) is 0.974. The first-order valence-electron chi connectivity index (χ1n) is 1.67. The Morgan fingerprint density at radius 2 is 2.00 bits per heavy atom. The van der Waals surface area contributed by atoms with E-state index in [4.69, 9.17) is 0 Å². The fourth-order valence-corrected chi connectivity index (χ4v) is 0. The predicted octanol–water partition coefficient (Wildman–Crippen LogP) is 0.379. The van der Waals surface area contributed by atoms with Crippen LogP contribution >= 0.6 is 0 Å². The molecule has 0 spiro atoms. The molecule has 0 unspecified atom stereocenters. The van der Waals surface area contributed by atoms with Crippen molar-refractivity contribution in [1.82, 2.24) is 0 Å². The minimum absolute atomic E-state index is 1.19. The van der Waals surface area contributed by atoms with Crippen LogP contribution in [0.25, 0.3) is 0 Å². The zero-order valence-electron chi connectivity index (χ0n) is 3.60. The summed E-state index contributed by atoms with van der Waals surface area (Å²) in [6.07, 6.45) is 0. The summed E-state index contributed by atoms with van der Waals surface area (Å²) in [5.74, 6) is 0. The molecular formula is C3H8NTa+. The van der Waals surface area contributed by atoms with Crippen molar-refractivity contribution in [2.45, 2.75) is 6.92 Å². The molecule has 0 aliphatic rings. The molecule has 0 amide bonds. The number of nitrogens with zero attached hydrogens (tertiary/aromatic N) is 1. The van der Waals surface area contributed by atoms with Gasteiger partial charge < -0.3 is 0 Å². The monoisotopic (exact) mass is 239 g/mol. The van der Waals surface area contributed by atoms with E-state index in [0.29, 0.717) is 0 Å². The van der Waals surface area contributed by atoms with Crippen LogP contribution in [0.2, 0.25) is 0 Å². The van der Waals surface area contributed by atoms with E-state index in [9.17, 15) is 0 Å². The maximum atomic E-state index is 2.24. The maximum absolute atomic E-state index is 2.24. The van der Waals surface area contributed by atoms with Crippen molar-refractivity contribution in [3.63, 3.8) is 0 Å². The summed E-state index contributed by atoms with van der Waals surface area (Å²) in [5, 5.41) is 0. The Labute approximate surface area is 44.8 Å². The summed E-state index contributed by atoms with van der Waals surface area (Å²) in [6.45, 7) is 3.34. The van der Waals surface area contributed by atoms with Gasteiger partial charge in [-0.1, -0.05) is 0 Å². The molecule has 29 valence electrons. The predicted molar refractivity (Wildman–Crippen MR) is 16.7 cm³/mol. The molecule has 0 fully saturated rings. The van der Waals surface area contributed by atoms with Crippen LogP contribution in [0.4, 0.5) is 0 Å². The zero-order valence-corrected chi connectivity index (χ0v) is 6.81. The van der Waals surface area contributed by atoms with E-state index in [2.05, 4.69) is 16.9 Å². The van der Waals surface area contributed by atoms with E-state index in [1.807, 2.05) is 0 Å². The topological polar surface area (TPSA) is 3.01 Å². The van der Waals surface area contributed by atoms with E-state index in [0.717, 1.165) is 0 Å². The standard InChI is InChI=1S/C3H8N.Ta/c1-3-4-2;/h3H2,1-2H3;/q-1;+2. The van der Waals surface area contributed by atoms with Crippen molar-refractivity contribution in [2.24, 2.45) is 0 Å². The first-order valence-corrected chi connectivity index (χ1v) is 3.11. The first kappa shape index (κ1) is 5.54. The Hall–Kier alpha value is 0.540. The van der Waals surface area contributed by atoms with Crippen molar-refractivity contribution in [1.29, 1.82) is 0 Å². The summed E-state index contributed by atoms with van der Waals surface area (Å²) >= 11 is 1.37. The van der Waals surface area contributed by atoms with Gasteiger partial charge in [0.05, 0.1) is 0 Å². The molecule has 2 heteroatoms. The van der Waals surface area contributed by atoms with Gasteiger partial charge >= 0.3 is 44.3 Å². The molecule has 0 radical (unpaired) electrons. The quantitative estimate of drug-likeness (QED) is 0.622. The van der Waals surface area contributed by atoms with E-state index in [-0.39, 0.29) is 0 Å². The van der Waals surface area contributed by atoms with Crippen LogP contribution in [0.5, 0.6) is 0 Å². The third-order valence-electron chi connectivity index (χ3n) is 0.458. The molecule has 0 aromatic carbocycles. The van der Waals surface area contributed by atoms with Crippen LogP contribution in [0.15, 0.2) is 0 Å². The number of rotatable bonds is 1. The SMILES string of the molecule is CC[N+](C)=[Ta]. The fourth-order valence-electron chi connectivity index (χ4n) is 0. The van der Waals surface area contributed by atoms with Gasteiger partial charge in [0.15, 0.2) is 0 Å². The minimum atomic E-state index is 1.19. The van der Waals surface area contributed by atoms with Gasteiger partial charge in [0.25, 0.3) is 0 Å². The normalized spacial score (nSPS) is 7.40.